The van der Waals surface area contributed by atoms with E-state index in [0.717, 1.165) is 0 Å². The van der Waals surface area contributed by atoms with Crippen LogP contribution < -0.4 is 5.73 Å². The Bertz CT molecular complexity index is 332. The molecule has 0 aliphatic rings. The number of halogens is 1. The van der Waals surface area contributed by atoms with Crippen LogP contribution in [0.3, 0.4) is 0 Å². The number of aryl methyl sites for hydroxylation is 1. The zero-order chi connectivity index (χ0) is 11.6. The number of hydrogen-bond donors (Lipinski definition) is 1. The van der Waals surface area contributed by atoms with E-state index in [9.17, 15) is 4.39 Å². The Hall–Kier alpha value is -1.23. The zero-order valence-electron chi connectivity index (χ0n) is 9.41. The van der Waals surface area contributed by atoms with Crippen molar-refractivity contribution >= 4 is 5.82 Å². The molecular weight excluding hydrogens is 197 g/mol. The first-order valence-electron chi connectivity index (χ1n) is 4.79. The summed E-state index contributed by atoms with van der Waals surface area (Å²) in [7, 11) is 1.57. The summed E-state index contributed by atoms with van der Waals surface area (Å²) in [5.41, 5.74) is 5.68. The van der Waals surface area contributed by atoms with Crippen LogP contribution in [0.1, 0.15) is 31.5 Å². The highest BCUT2D eigenvalue weighted by atomic mass is 19.1. The lowest BCUT2D eigenvalue weighted by molar-refractivity contribution is 0.0573. The Morgan fingerprint density at radius 3 is 2.33 bits per heavy atom. The molecule has 1 aromatic rings. The first kappa shape index (κ1) is 11.8. The SMILES string of the molecule is COC(c1nc(C)c(F)c(N)n1)C(C)C. The van der Waals surface area contributed by atoms with Crippen molar-refractivity contribution in [1.82, 2.24) is 9.97 Å². The highest BCUT2D eigenvalue weighted by Gasteiger charge is 2.20. The second kappa shape index (κ2) is 4.53. The van der Waals surface area contributed by atoms with Crippen molar-refractivity contribution in [2.45, 2.75) is 26.9 Å². The van der Waals surface area contributed by atoms with Crippen LogP contribution in [0.25, 0.3) is 0 Å². The summed E-state index contributed by atoms with van der Waals surface area (Å²) in [6, 6.07) is 0. The molecule has 0 aliphatic carbocycles. The minimum Gasteiger partial charge on any atom is -0.381 e. The van der Waals surface area contributed by atoms with Crippen LogP contribution in [-0.4, -0.2) is 17.1 Å². The average molecular weight is 213 g/mol. The fraction of sp³-hybridized carbons (Fsp3) is 0.600. The molecule has 0 saturated carbocycles. The van der Waals surface area contributed by atoms with E-state index in [2.05, 4.69) is 9.97 Å². The van der Waals surface area contributed by atoms with Crippen molar-refractivity contribution in [2.75, 3.05) is 12.8 Å². The van der Waals surface area contributed by atoms with E-state index in [4.69, 9.17) is 10.5 Å². The lowest BCUT2D eigenvalue weighted by atomic mass is 10.1. The van der Waals surface area contributed by atoms with Gasteiger partial charge in [0.2, 0.25) is 0 Å². The molecule has 1 atom stereocenters. The molecule has 0 fully saturated rings. The molecule has 0 radical (unpaired) electrons. The minimum atomic E-state index is -0.558. The number of rotatable bonds is 3. The van der Waals surface area contributed by atoms with Crippen molar-refractivity contribution in [3.05, 3.63) is 17.3 Å². The second-order valence-electron chi connectivity index (χ2n) is 3.77. The first-order valence-corrected chi connectivity index (χ1v) is 4.79. The standard InChI is InChI=1S/C10H16FN3O/c1-5(2)8(15-4)10-13-6(3)7(11)9(12)14-10/h5,8H,1-4H3,(H2,12,13,14). The van der Waals surface area contributed by atoms with E-state index in [1.54, 1.807) is 14.0 Å². The molecule has 1 heterocycles. The molecule has 2 N–H and O–H groups in total. The highest BCUT2D eigenvalue weighted by molar-refractivity contribution is 5.32. The number of nitrogens with two attached hydrogens (primary N) is 1. The molecule has 0 aromatic carbocycles. The smallest absolute Gasteiger partial charge is 0.186 e. The Kier molecular flexibility index (Phi) is 3.57. The third-order valence-corrected chi connectivity index (χ3v) is 2.17. The Labute approximate surface area is 88.7 Å². The molecule has 0 bridgehead atoms. The normalized spacial score (nSPS) is 13.2. The van der Waals surface area contributed by atoms with E-state index in [0.29, 0.717) is 5.82 Å². The number of methoxy groups -OCH3 is 1. The van der Waals surface area contributed by atoms with Gasteiger partial charge in [-0.1, -0.05) is 13.8 Å². The van der Waals surface area contributed by atoms with Crippen LogP contribution in [0.5, 0.6) is 0 Å². The zero-order valence-corrected chi connectivity index (χ0v) is 9.41. The van der Waals surface area contributed by atoms with Crippen LogP contribution >= 0.6 is 0 Å². The number of anilines is 1. The van der Waals surface area contributed by atoms with Crippen LogP contribution in [0.2, 0.25) is 0 Å². The molecule has 1 aromatic heterocycles. The van der Waals surface area contributed by atoms with Crippen molar-refractivity contribution in [1.29, 1.82) is 0 Å². The largest absolute Gasteiger partial charge is 0.381 e. The first-order chi connectivity index (χ1) is 6.97. The molecule has 0 spiro atoms. The van der Waals surface area contributed by atoms with Gasteiger partial charge in [0.15, 0.2) is 17.5 Å². The minimum absolute atomic E-state index is 0.125. The summed E-state index contributed by atoms with van der Waals surface area (Å²) in [6.45, 7) is 5.52. The fourth-order valence-electron chi connectivity index (χ4n) is 1.41. The van der Waals surface area contributed by atoms with Gasteiger partial charge in [-0.05, 0) is 12.8 Å². The average Bonchev–Trinajstić information content (AvgIpc) is 2.14. The van der Waals surface area contributed by atoms with Gasteiger partial charge in [-0.2, -0.15) is 0 Å². The molecule has 4 nitrogen and oxygen atoms in total. The quantitative estimate of drug-likeness (QED) is 0.832. The van der Waals surface area contributed by atoms with Gasteiger partial charge in [0.1, 0.15) is 6.10 Å². The summed E-state index contributed by atoms with van der Waals surface area (Å²) < 4.78 is 18.4. The van der Waals surface area contributed by atoms with Crippen LogP contribution in [0, 0.1) is 18.7 Å². The molecule has 1 rings (SSSR count). The third-order valence-electron chi connectivity index (χ3n) is 2.17. The predicted octanol–water partition coefficient (Wildman–Crippen LogP) is 1.85. The maximum atomic E-state index is 13.2. The maximum Gasteiger partial charge on any atom is 0.186 e. The Balaban J connectivity index is 3.14. The number of nitrogen functional groups attached to an aromatic ring is 1. The second-order valence-corrected chi connectivity index (χ2v) is 3.77. The summed E-state index contributed by atoms with van der Waals surface area (Å²) in [5.74, 6) is -0.0410. The molecule has 0 saturated heterocycles. The third kappa shape index (κ3) is 2.41. The predicted molar refractivity (Wildman–Crippen MR) is 55.7 cm³/mol. The monoisotopic (exact) mass is 213 g/mol. The molecule has 15 heavy (non-hydrogen) atoms. The maximum absolute atomic E-state index is 13.2. The Morgan fingerprint density at radius 2 is 1.93 bits per heavy atom. The van der Waals surface area contributed by atoms with Crippen LogP contribution in [-0.2, 0) is 4.74 Å². The van der Waals surface area contributed by atoms with E-state index < -0.39 is 5.82 Å². The lowest BCUT2D eigenvalue weighted by Gasteiger charge is -2.18. The fourth-order valence-corrected chi connectivity index (χ4v) is 1.41. The topological polar surface area (TPSA) is 61.0 Å². The van der Waals surface area contributed by atoms with Gasteiger partial charge in [-0.25, -0.2) is 14.4 Å². The van der Waals surface area contributed by atoms with E-state index in [1.165, 1.54) is 0 Å². The van der Waals surface area contributed by atoms with Gasteiger partial charge in [-0.3, -0.25) is 0 Å². The van der Waals surface area contributed by atoms with Gasteiger partial charge in [0.05, 0.1) is 5.69 Å². The van der Waals surface area contributed by atoms with Gasteiger partial charge >= 0.3 is 0 Å². The van der Waals surface area contributed by atoms with Crippen molar-refractivity contribution in [3.63, 3.8) is 0 Å². The van der Waals surface area contributed by atoms with Gasteiger partial charge in [0.25, 0.3) is 0 Å². The van der Waals surface area contributed by atoms with Crippen LogP contribution in [0.15, 0.2) is 0 Å². The number of nitrogens with zero attached hydrogens (tertiary/aromatic N) is 2. The van der Waals surface area contributed by atoms with Gasteiger partial charge in [-0.15, -0.1) is 0 Å². The molecule has 0 amide bonds. The van der Waals surface area contributed by atoms with E-state index in [-0.39, 0.29) is 23.5 Å². The highest BCUT2D eigenvalue weighted by Crippen LogP contribution is 2.23. The molecular formula is C10H16FN3O. The Morgan fingerprint density at radius 1 is 1.33 bits per heavy atom. The molecule has 0 aliphatic heterocycles. The van der Waals surface area contributed by atoms with E-state index >= 15 is 0 Å². The van der Waals surface area contributed by atoms with Gasteiger partial charge in [0, 0.05) is 7.11 Å². The number of ether oxygens (including phenoxy) is 1. The summed E-state index contributed by atoms with van der Waals surface area (Å²) in [4.78, 5) is 7.93. The summed E-state index contributed by atoms with van der Waals surface area (Å²) in [6.07, 6.45) is -0.258. The number of aromatic nitrogens is 2. The molecule has 1 unspecified atom stereocenters. The van der Waals surface area contributed by atoms with Crippen molar-refractivity contribution in [2.24, 2.45) is 5.92 Å². The summed E-state index contributed by atoms with van der Waals surface area (Å²) >= 11 is 0. The summed E-state index contributed by atoms with van der Waals surface area (Å²) in [5, 5.41) is 0. The lowest BCUT2D eigenvalue weighted by Crippen LogP contribution is -2.15. The van der Waals surface area contributed by atoms with E-state index in [1.807, 2.05) is 13.8 Å². The number of hydrogen-bond acceptors (Lipinski definition) is 4. The molecule has 84 valence electrons. The van der Waals surface area contributed by atoms with Gasteiger partial charge < -0.3 is 10.5 Å². The molecule has 5 heteroatoms. The van der Waals surface area contributed by atoms with Crippen molar-refractivity contribution < 1.29 is 9.13 Å². The van der Waals surface area contributed by atoms with Crippen molar-refractivity contribution in [3.8, 4) is 0 Å². The van der Waals surface area contributed by atoms with Crippen LogP contribution in [0.4, 0.5) is 10.2 Å².